The Hall–Kier alpha value is -2.42. The number of carbonyl (C=O) groups excluding carboxylic acids is 3. The van der Waals surface area contributed by atoms with Crippen molar-refractivity contribution >= 4 is 17.8 Å². The van der Waals surface area contributed by atoms with Gasteiger partial charge in [0.2, 0.25) is 11.8 Å². The van der Waals surface area contributed by atoms with E-state index in [0.29, 0.717) is 5.92 Å². The maximum Gasteiger partial charge on any atom is 0.325 e. The second-order valence-electron chi connectivity index (χ2n) is 6.70. The van der Waals surface area contributed by atoms with Gasteiger partial charge in [0.05, 0.1) is 6.33 Å². The summed E-state index contributed by atoms with van der Waals surface area (Å²) in [5.74, 6) is -0.210. The predicted octanol–water partition coefficient (Wildman–Crippen LogP) is -0.322. The van der Waals surface area contributed by atoms with Gasteiger partial charge in [0, 0.05) is 37.6 Å². The second-order valence-corrected chi connectivity index (χ2v) is 6.70. The number of nitrogens with one attached hydrogen (secondary N) is 3. The molecule has 25 heavy (non-hydrogen) atoms. The van der Waals surface area contributed by atoms with Gasteiger partial charge in [-0.15, -0.1) is 0 Å². The minimum atomic E-state index is -0.502. The molecule has 4 amide bonds. The van der Waals surface area contributed by atoms with Crippen molar-refractivity contribution in [2.24, 2.45) is 5.92 Å². The van der Waals surface area contributed by atoms with Crippen molar-refractivity contribution in [3.05, 3.63) is 18.2 Å². The Morgan fingerprint density at radius 3 is 2.88 bits per heavy atom. The van der Waals surface area contributed by atoms with Crippen LogP contribution in [-0.4, -0.2) is 69.8 Å². The molecular formula is C16H24N6O3. The number of nitrogens with zero attached hydrogens (tertiary/aromatic N) is 3. The molecule has 9 heteroatoms. The average molecular weight is 348 g/mol. The van der Waals surface area contributed by atoms with E-state index >= 15 is 0 Å². The van der Waals surface area contributed by atoms with Gasteiger partial charge in [-0.2, -0.15) is 0 Å². The van der Waals surface area contributed by atoms with Crippen molar-refractivity contribution in [3.63, 3.8) is 0 Å². The SMILES string of the molecule is CCC[C@H]1CN(Cc2cnc[nH]2)C[C@@H]1NC(=O)CN1CC(=O)NC1=O. The van der Waals surface area contributed by atoms with Gasteiger partial charge in [0.15, 0.2) is 0 Å². The van der Waals surface area contributed by atoms with E-state index in [1.165, 1.54) is 4.90 Å². The van der Waals surface area contributed by atoms with Gasteiger partial charge in [-0.05, 0) is 12.3 Å². The summed E-state index contributed by atoms with van der Waals surface area (Å²) >= 11 is 0. The monoisotopic (exact) mass is 348 g/mol. The van der Waals surface area contributed by atoms with Gasteiger partial charge in [-0.1, -0.05) is 13.3 Å². The van der Waals surface area contributed by atoms with E-state index in [9.17, 15) is 14.4 Å². The van der Waals surface area contributed by atoms with E-state index in [1.54, 1.807) is 6.33 Å². The van der Waals surface area contributed by atoms with Crippen LogP contribution in [-0.2, 0) is 16.1 Å². The fourth-order valence-electron chi connectivity index (χ4n) is 3.57. The topological polar surface area (TPSA) is 110 Å². The number of carbonyl (C=O) groups is 3. The minimum absolute atomic E-state index is 0.0525. The first-order valence-electron chi connectivity index (χ1n) is 8.63. The molecule has 0 unspecified atom stereocenters. The molecule has 3 N–H and O–H groups in total. The van der Waals surface area contributed by atoms with Crippen LogP contribution in [0.3, 0.4) is 0 Å². The third-order valence-corrected chi connectivity index (χ3v) is 4.67. The molecule has 9 nitrogen and oxygen atoms in total. The van der Waals surface area contributed by atoms with Crippen LogP contribution in [0.5, 0.6) is 0 Å². The van der Waals surface area contributed by atoms with Crippen LogP contribution in [0.15, 0.2) is 12.5 Å². The van der Waals surface area contributed by atoms with Gasteiger partial charge >= 0.3 is 6.03 Å². The Labute approximate surface area is 146 Å². The number of imidazole rings is 1. The number of rotatable bonds is 7. The summed E-state index contributed by atoms with van der Waals surface area (Å²) in [6, 6.07) is -0.450. The molecular weight excluding hydrogens is 324 g/mol. The first kappa shape index (κ1) is 17.4. The molecule has 0 saturated carbocycles. The highest BCUT2D eigenvalue weighted by molar-refractivity contribution is 6.03. The van der Waals surface area contributed by atoms with E-state index in [-0.39, 0.29) is 30.9 Å². The number of hydrogen-bond acceptors (Lipinski definition) is 5. The van der Waals surface area contributed by atoms with E-state index in [1.807, 2.05) is 6.20 Å². The largest absolute Gasteiger partial charge is 0.350 e. The summed E-state index contributed by atoms with van der Waals surface area (Å²) in [7, 11) is 0. The van der Waals surface area contributed by atoms with Crippen LogP contribution in [0.2, 0.25) is 0 Å². The molecule has 2 saturated heterocycles. The summed E-state index contributed by atoms with van der Waals surface area (Å²) in [6.07, 6.45) is 5.56. The fourth-order valence-corrected chi connectivity index (χ4v) is 3.57. The standard InChI is InChI=1S/C16H24N6O3/c1-2-3-11-5-21(6-12-4-17-10-18-12)7-13(11)19-14(23)8-22-9-15(24)20-16(22)25/h4,10-11,13H,2-3,5-9H2,1H3,(H,17,18)(H,19,23)(H,20,24,25)/t11-,13-/m0/s1. The molecule has 3 heterocycles. The molecule has 1 aromatic heterocycles. The average Bonchev–Trinajstić information content (AvgIpc) is 3.24. The number of likely N-dealkylation sites (tertiary alicyclic amines) is 1. The molecule has 0 radical (unpaired) electrons. The molecule has 0 bridgehead atoms. The Morgan fingerprint density at radius 2 is 2.24 bits per heavy atom. The molecule has 0 aromatic carbocycles. The van der Waals surface area contributed by atoms with Crippen LogP contribution in [0.25, 0.3) is 0 Å². The summed E-state index contributed by atoms with van der Waals surface area (Å²) in [6.45, 7) is 4.45. The van der Waals surface area contributed by atoms with Crippen LogP contribution in [0.1, 0.15) is 25.5 Å². The lowest BCUT2D eigenvalue weighted by molar-refractivity contribution is -0.122. The second kappa shape index (κ2) is 7.64. The van der Waals surface area contributed by atoms with E-state index in [4.69, 9.17) is 0 Å². The lowest BCUT2D eigenvalue weighted by Crippen LogP contribution is -2.46. The summed E-state index contributed by atoms with van der Waals surface area (Å²) < 4.78 is 0. The zero-order chi connectivity index (χ0) is 17.8. The molecule has 0 spiro atoms. The highest BCUT2D eigenvalue weighted by Crippen LogP contribution is 2.23. The quantitative estimate of drug-likeness (QED) is 0.585. The number of amides is 4. The number of imide groups is 1. The Kier molecular flexibility index (Phi) is 5.32. The molecule has 2 aliphatic heterocycles. The molecule has 2 fully saturated rings. The molecule has 3 rings (SSSR count). The molecule has 2 atom stereocenters. The van der Waals surface area contributed by atoms with Gasteiger partial charge < -0.3 is 15.2 Å². The zero-order valence-electron chi connectivity index (χ0n) is 14.3. The molecule has 0 aliphatic carbocycles. The first-order valence-corrected chi connectivity index (χ1v) is 8.63. The van der Waals surface area contributed by atoms with Crippen LogP contribution < -0.4 is 10.6 Å². The smallest absolute Gasteiger partial charge is 0.325 e. The van der Waals surface area contributed by atoms with Crippen molar-refractivity contribution in [1.29, 1.82) is 0 Å². The van der Waals surface area contributed by atoms with Gasteiger partial charge in [0.1, 0.15) is 13.1 Å². The Bertz CT molecular complexity index is 632. The Morgan fingerprint density at radius 1 is 1.40 bits per heavy atom. The zero-order valence-corrected chi connectivity index (χ0v) is 14.3. The van der Waals surface area contributed by atoms with Crippen LogP contribution >= 0.6 is 0 Å². The highest BCUT2D eigenvalue weighted by Gasteiger charge is 2.34. The maximum absolute atomic E-state index is 12.3. The summed E-state index contributed by atoms with van der Waals surface area (Å²) in [5, 5.41) is 5.22. The van der Waals surface area contributed by atoms with E-state index < -0.39 is 6.03 Å². The van der Waals surface area contributed by atoms with Crippen LogP contribution in [0, 0.1) is 5.92 Å². The number of aromatic amines is 1. The van der Waals surface area contributed by atoms with Gasteiger partial charge in [0.25, 0.3) is 0 Å². The van der Waals surface area contributed by atoms with Gasteiger partial charge in [-0.3, -0.25) is 19.8 Å². The van der Waals surface area contributed by atoms with Crippen molar-refractivity contribution in [2.45, 2.75) is 32.4 Å². The van der Waals surface area contributed by atoms with E-state index in [0.717, 1.165) is 38.2 Å². The normalized spacial score (nSPS) is 24.0. The number of hydrogen-bond donors (Lipinski definition) is 3. The van der Waals surface area contributed by atoms with Crippen molar-refractivity contribution in [2.75, 3.05) is 26.2 Å². The summed E-state index contributed by atoms with van der Waals surface area (Å²) in [5.41, 5.74) is 1.05. The molecule has 2 aliphatic rings. The van der Waals surface area contributed by atoms with E-state index in [2.05, 4.69) is 32.4 Å². The number of H-pyrrole nitrogens is 1. The molecule has 1 aromatic rings. The lowest BCUT2D eigenvalue weighted by atomic mass is 9.98. The first-order chi connectivity index (χ1) is 12.0. The maximum atomic E-state index is 12.3. The highest BCUT2D eigenvalue weighted by atomic mass is 16.2. The fraction of sp³-hybridized carbons (Fsp3) is 0.625. The third-order valence-electron chi connectivity index (χ3n) is 4.67. The van der Waals surface area contributed by atoms with Crippen molar-refractivity contribution in [3.8, 4) is 0 Å². The summed E-state index contributed by atoms with van der Waals surface area (Å²) in [4.78, 5) is 45.7. The lowest BCUT2D eigenvalue weighted by Gasteiger charge is -2.21. The molecule has 136 valence electrons. The predicted molar refractivity (Wildman–Crippen MR) is 89.3 cm³/mol. The Balaban J connectivity index is 1.54. The van der Waals surface area contributed by atoms with Crippen LogP contribution in [0.4, 0.5) is 4.79 Å². The van der Waals surface area contributed by atoms with Crippen molar-refractivity contribution < 1.29 is 14.4 Å². The van der Waals surface area contributed by atoms with Crippen molar-refractivity contribution in [1.82, 2.24) is 30.4 Å². The third kappa shape index (κ3) is 4.36. The number of aromatic nitrogens is 2. The minimum Gasteiger partial charge on any atom is -0.350 e. The number of urea groups is 1. The van der Waals surface area contributed by atoms with Gasteiger partial charge in [-0.25, -0.2) is 9.78 Å².